The van der Waals surface area contributed by atoms with Crippen molar-refractivity contribution < 1.29 is 9.53 Å². The van der Waals surface area contributed by atoms with Crippen LogP contribution in [0.15, 0.2) is 54.6 Å². The minimum absolute atomic E-state index is 0.103. The van der Waals surface area contributed by atoms with Gasteiger partial charge in [-0.15, -0.1) is 5.10 Å². The molecule has 2 aromatic carbocycles. The SMILES string of the molecule is CC(C)n1nnnc1COc1cccc(C(=O)N(C)c2ccccc2)c1. The quantitative estimate of drug-likeness (QED) is 0.682. The number of anilines is 1. The van der Waals surface area contributed by atoms with Crippen LogP contribution in [0.25, 0.3) is 0 Å². The molecule has 0 fully saturated rings. The van der Waals surface area contributed by atoms with E-state index in [9.17, 15) is 4.79 Å². The molecule has 0 aliphatic rings. The van der Waals surface area contributed by atoms with Crippen LogP contribution in [0, 0.1) is 0 Å². The summed E-state index contributed by atoms with van der Waals surface area (Å²) >= 11 is 0. The van der Waals surface area contributed by atoms with Crippen LogP contribution in [0.4, 0.5) is 5.69 Å². The summed E-state index contributed by atoms with van der Waals surface area (Å²) in [6.45, 7) is 4.23. The number of aromatic nitrogens is 4. The second-order valence-corrected chi connectivity index (χ2v) is 6.15. The van der Waals surface area contributed by atoms with Crippen molar-refractivity contribution in [3.8, 4) is 5.75 Å². The van der Waals surface area contributed by atoms with Crippen molar-refractivity contribution in [1.29, 1.82) is 0 Å². The average Bonchev–Trinajstić information content (AvgIpc) is 3.15. The van der Waals surface area contributed by atoms with E-state index in [0.29, 0.717) is 17.1 Å². The Labute approximate surface area is 152 Å². The topological polar surface area (TPSA) is 73.1 Å². The summed E-state index contributed by atoms with van der Waals surface area (Å²) in [4.78, 5) is 14.3. The molecule has 7 heteroatoms. The van der Waals surface area contributed by atoms with Crippen LogP contribution in [0.5, 0.6) is 5.75 Å². The fraction of sp³-hybridized carbons (Fsp3) is 0.263. The molecule has 1 aromatic heterocycles. The molecule has 134 valence electrons. The summed E-state index contributed by atoms with van der Waals surface area (Å²) in [6, 6.07) is 16.8. The summed E-state index contributed by atoms with van der Waals surface area (Å²) in [7, 11) is 1.75. The molecule has 0 atom stereocenters. The summed E-state index contributed by atoms with van der Waals surface area (Å²) in [6.07, 6.45) is 0. The van der Waals surface area contributed by atoms with Crippen LogP contribution < -0.4 is 9.64 Å². The van der Waals surface area contributed by atoms with Gasteiger partial charge in [-0.25, -0.2) is 4.68 Å². The maximum absolute atomic E-state index is 12.7. The third-order valence-corrected chi connectivity index (χ3v) is 3.95. The Morgan fingerprint density at radius 2 is 1.92 bits per heavy atom. The zero-order chi connectivity index (χ0) is 18.5. The first kappa shape index (κ1) is 17.6. The van der Waals surface area contributed by atoms with Gasteiger partial charge in [0.2, 0.25) is 0 Å². The second-order valence-electron chi connectivity index (χ2n) is 6.15. The molecule has 0 saturated carbocycles. The molecule has 3 aromatic rings. The van der Waals surface area contributed by atoms with Crippen LogP contribution in [-0.4, -0.2) is 33.2 Å². The molecule has 0 spiro atoms. The van der Waals surface area contributed by atoms with Crippen LogP contribution in [-0.2, 0) is 6.61 Å². The van der Waals surface area contributed by atoms with Gasteiger partial charge in [0.05, 0.1) is 6.04 Å². The lowest BCUT2D eigenvalue weighted by Gasteiger charge is -2.17. The van der Waals surface area contributed by atoms with Crippen LogP contribution in [0.2, 0.25) is 0 Å². The van der Waals surface area contributed by atoms with Gasteiger partial charge in [0.15, 0.2) is 5.82 Å². The molecule has 0 aliphatic heterocycles. The van der Waals surface area contributed by atoms with E-state index >= 15 is 0 Å². The van der Waals surface area contributed by atoms with Crippen molar-refractivity contribution in [2.75, 3.05) is 11.9 Å². The molecule has 3 rings (SSSR count). The number of nitrogens with zero attached hydrogens (tertiary/aromatic N) is 5. The summed E-state index contributed by atoms with van der Waals surface area (Å²) < 4.78 is 7.49. The van der Waals surface area contributed by atoms with E-state index in [1.54, 1.807) is 34.8 Å². The van der Waals surface area contributed by atoms with E-state index in [1.165, 1.54) is 0 Å². The number of ether oxygens (including phenoxy) is 1. The lowest BCUT2D eigenvalue weighted by Crippen LogP contribution is -2.26. The van der Waals surface area contributed by atoms with Crippen molar-refractivity contribution >= 4 is 11.6 Å². The highest BCUT2D eigenvalue weighted by Gasteiger charge is 2.15. The fourth-order valence-electron chi connectivity index (χ4n) is 2.54. The van der Waals surface area contributed by atoms with Gasteiger partial charge in [0, 0.05) is 18.3 Å². The number of hydrogen-bond donors (Lipinski definition) is 0. The van der Waals surface area contributed by atoms with Gasteiger partial charge in [0.25, 0.3) is 5.91 Å². The standard InChI is InChI=1S/C19H21N5O2/c1-14(2)24-18(20-21-22-24)13-26-17-11-7-8-15(12-17)19(25)23(3)16-9-5-4-6-10-16/h4-12,14H,13H2,1-3H3. The molecule has 0 aliphatic carbocycles. The Hall–Kier alpha value is -3.22. The molecule has 0 N–H and O–H groups in total. The van der Waals surface area contributed by atoms with Gasteiger partial charge in [0.1, 0.15) is 12.4 Å². The highest BCUT2D eigenvalue weighted by Crippen LogP contribution is 2.19. The first-order chi connectivity index (χ1) is 12.6. The number of carbonyl (C=O) groups is 1. The Balaban J connectivity index is 1.72. The van der Waals surface area contributed by atoms with E-state index in [-0.39, 0.29) is 18.6 Å². The van der Waals surface area contributed by atoms with Gasteiger partial charge < -0.3 is 9.64 Å². The van der Waals surface area contributed by atoms with Crippen molar-refractivity contribution in [3.63, 3.8) is 0 Å². The Kier molecular flexibility index (Phi) is 5.26. The van der Waals surface area contributed by atoms with Crippen LogP contribution in [0.3, 0.4) is 0 Å². The molecular formula is C19H21N5O2. The molecule has 26 heavy (non-hydrogen) atoms. The highest BCUT2D eigenvalue weighted by molar-refractivity contribution is 6.05. The number of carbonyl (C=O) groups excluding carboxylic acids is 1. The zero-order valence-corrected chi connectivity index (χ0v) is 15.0. The minimum Gasteiger partial charge on any atom is -0.486 e. The number of tetrazole rings is 1. The summed E-state index contributed by atoms with van der Waals surface area (Å²) in [5, 5.41) is 11.6. The van der Waals surface area contributed by atoms with E-state index in [4.69, 9.17) is 4.74 Å². The molecule has 1 heterocycles. The lowest BCUT2D eigenvalue weighted by atomic mass is 10.2. The molecular weight excluding hydrogens is 330 g/mol. The predicted octanol–water partition coefficient (Wildman–Crippen LogP) is 3.11. The molecule has 0 saturated heterocycles. The van der Waals surface area contributed by atoms with Gasteiger partial charge in [-0.3, -0.25) is 4.79 Å². The van der Waals surface area contributed by atoms with Gasteiger partial charge >= 0.3 is 0 Å². The van der Waals surface area contributed by atoms with Crippen molar-refractivity contribution in [1.82, 2.24) is 20.2 Å². The third kappa shape index (κ3) is 3.88. The maximum Gasteiger partial charge on any atom is 0.258 e. The third-order valence-electron chi connectivity index (χ3n) is 3.95. The number of amides is 1. The molecule has 0 unspecified atom stereocenters. The molecule has 7 nitrogen and oxygen atoms in total. The van der Waals surface area contributed by atoms with E-state index < -0.39 is 0 Å². The van der Waals surface area contributed by atoms with Crippen molar-refractivity contribution in [3.05, 3.63) is 66.0 Å². The van der Waals surface area contributed by atoms with Crippen LogP contribution >= 0.6 is 0 Å². The highest BCUT2D eigenvalue weighted by atomic mass is 16.5. The molecule has 0 radical (unpaired) electrons. The monoisotopic (exact) mass is 351 g/mol. The Morgan fingerprint density at radius 1 is 1.15 bits per heavy atom. The van der Waals surface area contributed by atoms with Gasteiger partial charge in [-0.1, -0.05) is 24.3 Å². The number of para-hydroxylation sites is 1. The van der Waals surface area contributed by atoms with E-state index in [0.717, 1.165) is 5.69 Å². The number of rotatable bonds is 6. The summed E-state index contributed by atoms with van der Waals surface area (Å²) in [5.41, 5.74) is 1.39. The minimum atomic E-state index is -0.103. The lowest BCUT2D eigenvalue weighted by molar-refractivity contribution is 0.0992. The van der Waals surface area contributed by atoms with Gasteiger partial charge in [-0.05, 0) is 54.6 Å². The molecule has 0 bridgehead atoms. The largest absolute Gasteiger partial charge is 0.486 e. The number of hydrogen-bond acceptors (Lipinski definition) is 5. The van der Waals surface area contributed by atoms with E-state index in [2.05, 4.69) is 15.5 Å². The zero-order valence-electron chi connectivity index (χ0n) is 15.0. The Bertz CT molecular complexity index is 876. The normalized spacial score (nSPS) is 10.8. The summed E-state index contributed by atoms with van der Waals surface area (Å²) in [5.74, 6) is 1.13. The first-order valence-electron chi connectivity index (χ1n) is 8.39. The van der Waals surface area contributed by atoms with Crippen molar-refractivity contribution in [2.24, 2.45) is 0 Å². The second kappa shape index (κ2) is 7.77. The molecule has 1 amide bonds. The van der Waals surface area contributed by atoms with Crippen molar-refractivity contribution in [2.45, 2.75) is 26.5 Å². The number of benzene rings is 2. The maximum atomic E-state index is 12.7. The average molecular weight is 351 g/mol. The Morgan fingerprint density at radius 3 is 2.65 bits per heavy atom. The van der Waals surface area contributed by atoms with Crippen LogP contribution in [0.1, 0.15) is 36.1 Å². The fourth-order valence-corrected chi connectivity index (χ4v) is 2.54. The van der Waals surface area contributed by atoms with E-state index in [1.807, 2.05) is 50.2 Å². The predicted molar refractivity (Wildman–Crippen MR) is 98.2 cm³/mol. The smallest absolute Gasteiger partial charge is 0.258 e. The first-order valence-corrected chi connectivity index (χ1v) is 8.39. The van der Waals surface area contributed by atoms with Gasteiger partial charge in [-0.2, -0.15) is 0 Å².